The first kappa shape index (κ1) is 11.0. The molecule has 1 saturated carbocycles. The summed E-state index contributed by atoms with van der Waals surface area (Å²) in [6, 6.07) is 0.409. The zero-order chi connectivity index (χ0) is 11.9. The van der Waals surface area contributed by atoms with Crippen molar-refractivity contribution in [2.24, 2.45) is 7.05 Å². The van der Waals surface area contributed by atoms with E-state index in [4.69, 9.17) is 5.73 Å². The quantitative estimate of drug-likeness (QED) is 0.827. The third-order valence-electron chi connectivity index (χ3n) is 3.06. The third-order valence-corrected chi connectivity index (χ3v) is 3.06. The number of amides is 1. The predicted octanol–water partition coefficient (Wildman–Crippen LogP) is 0.935. The Balaban J connectivity index is 2.32. The lowest BCUT2D eigenvalue weighted by Gasteiger charge is -2.20. The minimum absolute atomic E-state index is 0.00519. The molecule has 0 aromatic carbocycles. The lowest BCUT2D eigenvalue weighted by Crippen LogP contribution is -2.34. The Morgan fingerprint density at radius 2 is 2.25 bits per heavy atom. The van der Waals surface area contributed by atoms with Crippen molar-refractivity contribution < 1.29 is 4.79 Å². The van der Waals surface area contributed by atoms with Gasteiger partial charge in [0.25, 0.3) is 5.91 Å². The van der Waals surface area contributed by atoms with Crippen LogP contribution in [0.1, 0.15) is 35.9 Å². The smallest absolute Gasteiger partial charge is 0.274 e. The van der Waals surface area contributed by atoms with Crippen molar-refractivity contribution in [2.45, 2.75) is 32.7 Å². The van der Waals surface area contributed by atoms with Crippen LogP contribution in [0, 0.1) is 6.92 Å². The van der Waals surface area contributed by atoms with Crippen molar-refractivity contribution in [3.05, 3.63) is 11.4 Å². The molecular formula is C11H18N4O. The molecule has 0 bridgehead atoms. The highest BCUT2D eigenvalue weighted by molar-refractivity contribution is 5.98. The summed E-state index contributed by atoms with van der Waals surface area (Å²) in [6.07, 6.45) is 2.21. The van der Waals surface area contributed by atoms with E-state index in [1.54, 1.807) is 11.7 Å². The maximum Gasteiger partial charge on any atom is 0.274 e. The van der Waals surface area contributed by atoms with Crippen molar-refractivity contribution in [1.82, 2.24) is 14.7 Å². The van der Waals surface area contributed by atoms with E-state index >= 15 is 0 Å². The third kappa shape index (κ3) is 1.66. The van der Waals surface area contributed by atoms with Gasteiger partial charge in [0.05, 0.1) is 11.4 Å². The highest BCUT2D eigenvalue weighted by atomic mass is 16.2. The molecule has 0 spiro atoms. The molecule has 2 N–H and O–H groups in total. The molecule has 0 unspecified atom stereocenters. The number of hydrogen-bond acceptors (Lipinski definition) is 3. The van der Waals surface area contributed by atoms with Gasteiger partial charge in [-0.3, -0.25) is 9.48 Å². The van der Waals surface area contributed by atoms with Gasteiger partial charge in [-0.15, -0.1) is 0 Å². The summed E-state index contributed by atoms with van der Waals surface area (Å²) in [6.45, 7) is 4.54. The molecule has 1 fully saturated rings. The van der Waals surface area contributed by atoms with E-state index in [1.165, 1.54) is 0 Å². The van der Waals surface area contributed by atoms with E-state index in [-0.39, 0.29) is 5.91 Å². The number of nitrogens with zero attached hydrogens (tertiary/aromatic N) is 3. The van der Waals surface area contributed by atoms with Gasteiger partial charge in [-0.2, -0.15) is 5.10 Å². The summed E-state index contributed by atoms with van der Waals surface area (Å²) in [5.74, 6) is 0.00519. The fourth-order valence-electron chi connectivity index (χ4n) is 2.02. The maximum atomic E-state index is 12.3. The van der Waals surface area contributed by atoms with E-state index in [1.807, 2.05) is 18.7 Å². The molecule has 1 aliphatic carbocycles. The summed E-state index contributed by atoms with van der Waals surface area (Å²) >= 11 is 0. The molecular weight excluding hydrogens is 204 g/mol. The number of carbonyl (C=O) groups is 1. The molecule has 1 aromatic heterocycles. The first-order chi connectivity index (χ1) is 7.56. The second-order valence-corrected chi connectivity index (χ2v) is 4.29. The van der Waals surface area contributed by atoms with E-state index in [9.17, 15) is 4.79 Å². The monoisotopic (exact) mass is 222 g/mol. The minimum Gasteiger partial charge on any atom is -0.395 e. The van der Waals surface area contributed by atoms with Crippen LogP contribution < -0.4 is 5.73 Å². The summed E-state index contributed by atoms with van der Waals surface area (Å²) < 4.78 is 1.58. The Hall–Kier alpha value is -1.52. The summed E-state index contributed by atoms with van der Waals surface area (Å²) in [5, 5.41) is 4.17. The highest BCUT2D eigenvalue weighted by Crippen LogP contribution is 2.29. The number of hydrogen-bond donors (Lipinski definition) is 1. The lowest BCUT2D eigenvalue weighted by molar-refractivity contribution is 0.0742. The van der Waals surface area contributed by atoms with Crippen LogP contribution in [0.3, 0.4) is 0 Å². The lowest BCUT2D eigenvalue weighted by atomic mass is 10.2. The number of aromatic nitrogens is 2. The molecule has 1 aliphatic rings. The van der Waals surface area contributed by atoms with E-state index < -0.39 is 0 Å². The van der Waals surface area contributed by atoms with Crippen LogP contribution in [0.25, 0.3) is 0 Å². The van der Waals surface area contributed by atoms with E-state index in [0.29, 0.717) is 17.4 Å². The van der Waals surface area contributed by atoms with Crippen LogP contribution >= 0.6 is 0 Å². The van der Waals surface area contributed by atoms with Crippen molar-refractivity contribution in [1.29, 1.82) is 0 Å². The summed E-state index contributed by atoms with van der Waals surface area (Å²) in [5.41, 5.74) is 7.63. The fourth-order valence-corrected chi connectivity index (χ4v) is 2.02. The van der Waals surface area contributed by atoms with Gasteiger partial charge in [0, 0.05) is 19.6 Å². The number of aryl methyl sites for hydroxylation is 2. The Kier molecular flexibility index (Phi) is 2.61. The normalized spacial score (nSPS) is 15.2. The van der Waals surface area contributed by atoms with Crippen LogP contribution in [0.2, 0.25) is 0 Å². The molecule has 88 valence electrons. The molecule has 16 heavy (non-hydrogen) atoms. The zero-order valence-corrected chi connectivity index (χ0v) is 10.0. The first-order valence-electron chi connectivity index (χ1n) is 5.66. The molecule has 1 heterocycles. The Morgan fingerprint density at radius 3 is 2.62 bits per heavy atom. The molecule has 5 heteroatoms. The Labute approximate surface area is 95.2 Å². The topological polar surface area (TPSA) is 64.2 Å². The second kappa shape index (κ2) is 3.81. The van der Waals surface area contributed by atoms with Crippen LogP contribution in [0.15, 0.2) is 0 Å². The van der Waals surface area contributed by atoms with Crippen molar-refractivity contribution in [3.63, 3.8) is 0 Å². The van der Waals surface area contributed by atoms with Gasteiger partial charge in [0.15, 0.2) is 0 Å². The Bertz CT molecular complexity index is 420. The van der Waals surface area contributed by atoms with Gasteiger partial charge in [-0.25, -0.2) is 0 Å². The molecule has 0 atom stereocenters. The van der Waals surface area contributed by atoms with Gasteiger partial charge in [0.2, 0.25) is 0 Å². The molecule has 0 radical (unpaired) electrons. The van der Waals surface area contributed by atoms with Crippen LogP contribution in [-0.4, -0.2) is 33.2 Å². The molecule has 1 aromatic rings. The van der Waals surface area contributed by atoms with Gasteiger partial charge in [0.1, 0.15) is 5.69 Å². The van der Waals surface area contributed by atoms with Gasteiger partial charge >= 0.3 is 0 Å². The maximum absolute atomic E-state index is 12.3. The van der Waals surface area contributed by atoms with E-state index in [0.717, 1.165) is 25.1 Å². The van der Waals surface area contributed by atoms with Crippen LogP contribution in [-0.2, 0) is 7.05 Å². The second-order valence-electron chi connectivity index (χ2n) is 4.29. The van der Waals surface area contributed by atoms with Crippen LogP contribution in [0.5, 0.6) is 0 Å². The molecule has 0 aliphatic heterocycles. The molecule has 2 rings (SSSR count). The fraction of sp³-hybridized carbons (Fsp3) is 0.636. The largest absolute Gasteiger partial charge is 0.395 e. The van der Waals surface area contributed by atoms with Crippen molar-refractivity contribution in [3.8, 4) is 0 Å². The average Bonchev–Trinajstić information content (AvgIpc) is 2.99. The zero-order valence-electron chi connectivity index (χ0n) is 10.0. The SMILES string of the molecule is CCN(C(=O)c1c(N)c(C)nn1C)C1CC1. The first-order valence-corrected chi connectivity index (χ1v) is 5.66. The van der Waals surface area contributed by atoms with Gasteiger partial charge in [-0.1, -0.05) is 0 Å². The predicted molar refractivity (Wildman–Crippen MR) is 62.1 cm³/mol. The van der Waals surface area contributed by atoms with Gasteiger partial charge < -0.3 is 10.6 Å². The Morgan fingerprint density at radius 1 is 1.62 bits per heavy atom. The number of nitrogen functional groups attached to an aromatic ring is 1. The molecule has 1 amide bonds. The molecule has 0 saturated heterocycles. The number of anilines is 1. The number of rotatable bonds is 3. The standard InChI is InChI=1S/C11H18N4O/c1-4-15(8-5-6-8)11(16)10-9(12)7(2)13-14(10)3/h8H,4-6,12H2,1-3H3. The highest BCUT2D eigenvalue weighted by Gasteiger charge is 2.34. The number of carbonyl (C=O) groups excluding carboxylic acids is 1. The summed E-state index contributed by atoms with van der Waals surface area (Å²) in [4.78, 5) is 14.2. The average molecular weight is 222 g/mol. The molecule has 5 nitrogen and oxygen atoms in total. The van der Waals surface area contributed by atoms with Crippen molar-refractivity contribution >= 4 is 11.6 Å². The minimum atomic E-state index is 0.00519. The van der Waals surface area contributed by atoms with Crippen molar-refractivity contribution in [2.75, 3.05) is 12.3 Å². The van der Waals surface area contributed by atoms with Gasteiger partial charge in [-0.05, 0) is 26.7 Å². The summed E-state index contributed by atoms with van der Waals surface area (Å²) in [7, 11) is 1.76. The number of nitrogens with two attached hydrogens (primary N) is 1. The van der Waals surface area contributed by atoms with E-state index in [2.05, 4.69) is 5.10 Å². The van der Waals surface area contributed by atoms with Crippen LogP contribution in [0.4, 0.5) is 5.69 Å².